The second-order valence-corrected chi connectivity index (χ2v) is 4.48. The first-order valence-corrected chi connectivity index (χ1v) is 5.83. The summed E-state index contributed by atoms with van der Waals surface area (Å²) in [4.78, 5) is 3.94. The van der Waals surface area contributed by atoms with Crippen molar-refractivity contribution in [1.29, 1.82) is 0 Å². The fraction of sp³-hybridized carbons (Fsp3) is 0.818. The van der Waals surface area contributed by atoms with Crippen LogP contribution < -0.4 is 0 Å². The Labute approximate surface area is 90.3 Å². The Kier molecular flexibility index (Phi) is 3.36. The number of rotatable bonds is 3. The monoisotopic (exact) mass is 209 g/mol. The molecule has 3 unspecified atom stereocenters. The third-order valence-electron chi connectivity index (χ3n) is 3.36. The van der Waals surface area contributed by atoms with Crippen molar-refractivity contribution in [3.8, 4) is 0 Å². The van der Waals surface area contributed by atoms with Crippen molar-refractivity contribution in [2.75, 3.05) is 0 Å². The van der Waals surface area contributed by atoms with Crippen molar-refractivity contribution >= 4 is 0 Å². The Balaban J connectivity index is 2.02. The molecule has 1 aliphatic carbocycles. The van der Waals surface area contributed by atoms with Gasteiger partial charge in [-0.1, -0.05) is 19.8 Å². The zero-order valence-electron chi connectivity index (χ0n) is 9.21. The van der Waals surface area contributed by atoms with Crippen LogP contribution >= 0.6 is 0 Å². The van der Waals surface area contributed by atoms with Crippen LogP contribution in [0, 0.1) is 5.92 Å². The molecule has 1 aromatic rings. The highest BCUT2D eigenvalue weighted by atomic mass is 16.3. The van der Waals surface area contributed by atoms with Crippen LogP contribution in [0.5, 0.6) is 0 Å². The lowest BCUT2D eigenvalue weighted by Crippen LogP contribution is -2.31. The van der Waals surface area contributed by atoms with Gasteiger partial charge in [-0.25, -0.2) is 9.67 Å². The average Bonchev–Trinajstić information content (AvgIpc) is 2.74. The number of hydrogen-bond acceptors (Lipinski definition) is 3. The van der Waals surface area contributed by atoms with Gasteiger partial charge in [0, 0.05) is 0 Å². The lowest BCUT2D eigenvalue weighted by Gasteiger charge is -2.33. The fourth-order valence-electron chi connectivity index (χ4n) is 2.56. The van der Waals surface area contributed by atoms with Gasteiger partial charge in [0.05, 0.1) is 12.1 Å². The minimum Gasteiger partial charge on any atom is -0.391 e. The van der Waals surface area contributed by atoms with E-state index in [-0.39, 0.29) is 12.1 Å². The summed E-state index contributed by atoms with van der Waals surface area (Å²) >= 11 is 0. The quantitative estimate of drug-likeness (QED) is 0.825. The fourth-order valence-corrected chi connectivity index (χ4v) is 2.56. The van der Waals surface area contributed by atoms with Gasteiger partial charge in [-0.2, -0.15) is 5.10 Å². The van der Waals surface area contributed by atoms with Crippen LogP contribution in [-0.2, 0) is 0 Å². The Bertz CT molecular complexity index is 286. The summed E-state index contributed by atoms with van der Waals surface area (Å²) < 4.78 is 1.81. The third kappa shape index (κ3) is 2.37. The summed E-state index contributed by atoms with van der Waals surface area (Å²) in [5.74, 6) is 0.743. The summed E-state index contributed by atoms with van der Waals surface area (Å²) in [7, 11) is 0. The molecule has 3 atom stereocenters. The van der Waals surface area contributed by atoms with Gasteiger partial charge in [0.2, 0.25) is 0 Å². The van der Waals surface area contributed by atoms with Crippen LogP contribution in [0.25, 0.3) is 0 Å². The first kappa shape index (κ1) is 10.6. The van der Waals surface area contributed by atoms with Crippen molar-refractivity contribution in [2.45, 2.75) is 51.2 Å². The molecule has 1 saturated carbocycles. The summed E-state index contributed by atoms with van der Waals surface area (Å²) in [6, 6.07) is 0.137. The normalized spacial score (nSPS) is 31.7. The van der Waals surface area contributed by atoms with Crippen LogP contribution in [0.4, 0.5) is 0 Å². The predicted octanol–water partition coefficient (Wildman–Crippen LogP) is 1.78. The topological polar surface area (TPSA) is 50.9 Å². The molecule has 0 aromatic carbocycles. The Hall–Kier alpha value is -0.900. The lowest BCUT2D eigenvalue weighted by molar-refractivity contribution is 0.0463. The first-order chi connectivity index (χ1) is 7.31. The minimum absolute atomic E-state index is 0.137. The van der Waals surface area contributed by atoms with E-state index in [1.165, 1.54) is 19.2 Å². The van der Waals surface area contributed by atoms with E-state index in [0.717, 1.165) is 25.2 Å². The Morgan fingerprint density at radius 1 is 1.47 bits per heavy atom. The van der Waals surface area contributed by atoms with Gasteiger partial charge < -0.3 is 5.11 Å². The molecular weight excluding hydrogens is 190 g/mol. The van der Waals surface area contributed by atoms with Gasteiger partial charge in [-0.05, 0) is 25.2 Å². The largest absolute Gasteiger partial charge is 0.391 e. The molecule has 0 bridgehead atoms. The second kappa shape index (κ2) is 4.75. The highest BCUT2D eigenvalue weighted by molar-refractivity contribution is 4.83. The van der Waals surface area contributed by atoms with Gasteiger partial charge >= 0.3 is 0 Å². The van der Waals surface area contributed by atoms with E-state index in [9.17, 15) is 5.11 Å². The second-order valence-electron chi connectivity index (χ2n) is 4.48. The maximum absolute atomic E-state index is 9.94. The van der Waals surface area contributed by atoms with Crippen molar-refractivity contribution in [2.24, 2.45) is 5.92 Å². The maximum atomic E-state index is 9.94. The molecule has 0 radical (unpaired) electrons. The van der Waals surface area contributed by atoms with E-state index in [0.29, 0.717) is 0 Å². The van der Waals surface area contributed by atoms with Crippen molar-refractivity contribution in [3.05, 3.63) is 12.7 Å². The molecule has 0 amide bonds. The minimum atomic E-state index is -0.250. The van der Waals surface area contributed by atoms with E-state index < -0.39 is 0 Å². The van der Waals surface area contributed by atoms with Crippen molar-refractivity contribution < 1.29 is 5.11 Å². The highest BCUT2D eigenvalue weighted by Gasteiger charge is 2.30. The number of aliphatic hydroxyl groups excluding tert-OH is 1. The number of aromatic nitrogens is 3. The van der Waals surface area contributed by atoms with E-state index in [1.54, 1.807) is 6.33 Å². The van der Waals surface area contributed by atoms with Crippen LogP contribution in [0.3, 0.4) is 0 Å². The van der Waals surface area contributed by atoms with Crippen molar-refractivity contribution in [1.82, 2.24) is 14.8 Å². The number of nitrogens with zero attached hydrogens (tertiary/aromatic N) is 3. The van der Waals surface area contributed by atoms with Crippen LogP contribution in [0.1, 0.15) is 45.1 Å². The molecule has 1 aromatic heterocycles. The maximum Gasteiger partial charge on any atom is 0.137 e. The molecule has 0 spiro atoms. The van der Waals surface area contributed by atoms with Gasteiger partial charge in [0.15, 0.2) is 0 Å². The molecule has 0 aliphatic heterocycles. The predicted molar refractivity (Wildman–Crippen MR) is 57.3 cm³/mol. The number of aliphatic hydroxyl groups is 1. The third-order valence-corrected chi connectivity index (χ3v) is 3.36. The number of hydrogen-bond donors (Lipinski definition) is 1. The van der Waals surface area contributed by atoms with Gasteiger partial charge in [0.1, 0.15) is 12.7 Å². The molecule has 2 rings (SSSR count). The smallest absolute Gasteiger partial charge is 0.137 e. The van der Waals surface area contributed by atoms with Gasteiger partial charge in [-0.15, -0.1) is 0 Å². The molecule has 4 heteroatoms. The molecule has 15 heavy (non-hydrogen) atoms. The molecule has 4 nitrogen and oxygen atoms in total. The molecular formula is C11H19N3O. The Morgan fingerprint density at radius 3 is 3.00 bits per heavy atom. The molecule has 1 aliphatic rings. The summed E-state index contributed by atoms with van der Waals surface area (Å²) in [5.41, 5.74) is 0. The van der Waals surface area contributed by atoms with E-state index >= 15 is 0 Å². The summed E-state index contributed by atoms with van der Waals surface area (Å²) in [6.45, 7) is 2.22. The lowest BCUT2D eigenvalue weighted by atomic mass is 9.81. The SMILES string of the molecule is CCCC1CCC(O)C(n2cncn2)C1. The van der Waals surface area contributed by atoms with Gasteiger partial charge in [-0.3, -0.25) is 0 Å². The van der Waals surface area contributed by atoms with E-state index in [4.69, 9.17) is 0 Å². The molecule has 84 valence electrons. The summed E-state index contributed by atoms with van der Waals surface area (Å²) in [5, 5.41) is 14.1. The van der Waals surface area contributed by atoms with Crippen LogP contribution in [0.2, 0.25) is 0 Å². The van der Waals surface area contributed by atoms with Crippen LogP contribution in [-0.4, -0.2) is 26.0 Å². The van der Waals surface area contributed by atoms with Crippen LogP contribution in [0.15, 0.2) is 12.7 Å². The molecule has 1 N–H and O–H groups in total. The Morgan fingerprint density at radius 2 is 2.33 bits per heavy atom. The zero-order valence-corrected chi connectivity index (χ0v) is 9.21. The van der Waals surface area contributed by atoms with E-state index in [1.807, 2.05) is 4.68 Å². The molecule has 1 fully saturated rings. The summed E-state index contributed by atoms with van der Waals surface area (Å²) in [6.07, 6.45) is 8.58. The van der Waals surface area contributed by atoms with E-state index in [2.05, 4.69) is 17.0 Å². The van der Waals surface area contributed by atoms with Crippen molar-refractivity contribution in [3.63, 3.8) is 0 Å². The standard InChI is InChI=1S/C11H19N3O/c1-2-3-9-4-5-11(15)10(6-9)14-8-12-7-13-14/h7-11,15H,2-6H2,1H3. The zero-order chi connectivity index (χ0) is 10.7. The van der Waals surface area contributed by atoms with Gasteiger partial charge in [0.25, 0.3) is 0 Å². The highest BCUT2D eigenvalue weighted by Crippen LogP contribution is 2.34. The molecule has 0 saturated heterocycles. The molecule has 1 heterocycles. The first-order valence-electron chi connectivity index (χ1n) is 5.83. The average molecular weight is 209 g/mol.